The summed E-state index contributed by atoms with van der Waals surface area (Å²) in [5.41, 5.74) is -0.324. The van der Waals surface area contributed by atoms with Gasteiger partial charge in [-0.25, -0.2) is 0 Å². The summed E-state index contributed by atoms with van der Waals surface area (Å²) >= 11 is 0. The Labute approximate surface area is 116 Å². The summed E-state index contributed by atoms with van der Waals surface area (Å²) in [6.07, 6.45) is 2.32. The predicted octanol–water partition coefficient (Wildman–Crippen LogP) is 1.28. The first-order chi connectivity index (χ1) is 9.45. The Morgan fingerprint density at radius 1 is 1.50 bits per heavy atom. The molecule has 1 fully saturated rings. The van der Waals surface area contributed by atoms with E-state index < -0.39 is 10.5 Å². The molecule has 0 unspecified atom stereocenters. The Morgan fingerprint density at radius 2 is 2.20 bits per heavy atom. The molecular formula is C13H17N3O4. The molecule has 0 heterocycles. The number of nitrogens with zero attached hydrogens (tertiary/aromatic N) is 1. The maximum absolute atomic E-state index is 11.6. The van der Waals surface area contributed by atoms with E-state index in [0.29, 0.717) is 18.4 Å². The fourth-order valence-electron chi connectivity index (χ4n) is 2.14. The van der Waals surface area contributed by atoms with Gasteiger partial charge in [-0.3, -0.25) is 14.9 Å². The molecule has 0 atom stereocenters. The molecule has 1 aromatic rings. The molecule has 2 rings (SSSR count). The Hall–Kier alpha value is -2.15. The molecule has 20 heavy (non-hydrogen) atoms. The van der Waals surface area contributed by atoms with Crippen LogP contribution in [0, 0.1) is 10.1 Å². The van der Waals surface area contributed by atoms with Gasteiger partial charge in [0, 0.05) is 25.2 Å². The van der Waals surface area contributed by atoms with Crippen LogP contribution in [0.1, 0.15) is 29.6 Å². The topological polar surface area (TPSA) is 104 Å². The van der Waals surface area contributed by atoms with Gasteiger partial charge in [-0.2, -0.15) is 0 Å². The van der Waals surface area contributed by atoms with Gasteiger partial charge in [-0.05, 0) is 31.4 Å². The number of rotatable bonds is 5. The largest absolute Gasteiger partial charge is 0.388 e. The third kappa shape index (κ3) is 2.88. The van der Waals surface area contributed by atoms with Crippen molar-refractivity contribution in [1.29, 1.82) is 0 Å². The minimum absolute atomic E-state index is 0.111. The van der Waals surface area contributed by atoms with Crippen LogP contribution in [-0.4, -0.2) is 35.1 Å². The van der Waals surface area contributed by atoms with Crippen molar-refractivity contribution in [2.45, 2.75) is 24.9 Å². The number of nitrogens with one attached hydrogen (secondary N) is 2. The maximum atomic E-state index is 11.6. The van der Waals surface area contributed by atoms with E-state index in [2.05, 4.69) is 10.6 Å². The average Bonchev–Trinajstić information content (AvgIpc) is 2.41. The first-order valence-electron chi connectivity index (χ1n) is 6.42. The summed E-state index contributed by atoms with van der Waals surface area (Å²) in [5.74, 6) is -0.315. The molecular weight excluding hydrogens is 262 g/mol. The molecule has 3 N–H and O–H groups in total. The Balaban J connectivity index is 2.22. The lowest BCUT2D eigenvalue weighted by atomic mass is 9.80. The Kier molecular flexibility index (Phi) is 3.89. The number of aliphatic hydroxyl groups is 1. The molecule has 0 spiro atoms. The number of nitro benzene ring substituents is 1. The van der Waals surface area contributed by atoms with E-state index >= 15 is 0 Å². The first kappa shape index (κ1) is 14.3. The third-order valence-corrected chi connectivity index (χ3v) is 3.57. The normalized spacial score (nSPS) is 16.1. The second-order valence-electron chi connectivity index (χ2n) is 5.00. The summed E-state index contributed by atoms with van der Waals surface area (Å²) in [4.78, 5) is 22.0. The first-order valence-corrected chi connectivity index (χ1v) is 6.42. The van der Waals surface area contributed by atoms with Crippen LogP contribution in [-0.2, 0) is 0 Å². The van der Waals surface area contributed by atoms with E-state index in [1.54, 1.807) is 0 Å². The van der Waals surface area contributed by atoms with Crippen LogP contribution in [0.3, 0.4) is 0 Å². The zero-order valence-electron chi connectivity index (χ0n) is 11.2. The van der Waals surface area contributed by atoms with Crippen molar-refractivity contribution in [2.75, 3.05) is 18.9 Å². The number of anilines is 1. The lowest BCUT2D eigenvalue weighted by Gasteiger charge is -2.36. The maximum Gasteiger partial charge on any atom is 0.292 e. The SMILES string of the molecule is CNC(=O)c1ccc([N+](=O)[O-])c(NCC2(O)CCC2)c1. The lowest BCUT2D eigenvalue weighted by Crippen LogP contribution is -2.43. The lowest BCUT2D eigenvalue weighted by molar-refractivity contribution is -0.384. The monoisotopic (exact) mass is 279 g/mol. The molecule has 0 bridgehead atoms. The number of carbonyl (C=O) groups is 1. The molecule has 0 saturated heterocycles. The standard InChI is InChI=1S/C13H17N3O4/c1-14-12(17)9-3-4-11(16(19)20)10(7-9)15-8-13(18)5-2-6-13/h3-4,7,15,18H,2,5-6,8H2,1H3,(H,14,17). The number of hydrogen-bond acceptors (Lipinski definition) is 5. The minimum Gasteiger partial charge on any atom is -0.388 e. The number of carbonyl (C=O) groups excluding carboxylic acids is 1. The van der Waals surface area contributed by atoms with Crippen LogP contribution in [0.4, 0.5) is 11.4 Å². The van der Waals surface area contributed by atoms with Crippen molar-refractivity contribution >= 4 is 17.3 Å². The summed E-state index contributed by atoms with van der Waals surface area (Å²) in [6, 6.07) is 4.12. The van der Waals surface area contributed by atoms with Crippen molar-refractivity contribution in [3.8, 4) is 0 Å². The highest BCUT2D eigenvalue weighted by molar-refractivity contribution is 5.95. The van der Waals surface area contributed by atoms with Gasteiger partial charge in [-0.15, -0.1) is 0 Å². The van der Waals surface area contributed by atoms with E-state index in [9.17, 15) is 20.0 Å². The highest BCUT2D eigenvalue weighted by atomic mass is 16.6. The van der Waals surface area contributed by atoms with Crippen LogP contribution < -0.4 is 10.6 Å². The zero-order valence-corrected chi connectivity index (χ0v) is 11.2. The van der Waals surface area contributed by atoms with Gasteiger partial charge in [0.1, 0.15) is 5.69 Å². The summed E-state index contributed by atoms with van der Waals surface area (Å²) < 4.78 is 0. The van der Waals surface area contributed by atoms with Gasteiger partial charge < -0.3 is 15.7 Å². The molecule has 1 aliphatic rings. The minimum atomic E-state index is -0.795. The molecule has 0 aromatic heterocycles. The molecule has 7 nitrogen and oxygen atoms in total. The van der Waals surface area contributed by atoms with Crippen molar-refractivity contribution in [2.24, 2.45) is 0 Å². The van der Waals surface area contributed by atoms with Crippen LogP contribution in [0.15, 0.2) is 18.2 Å². The van der Waals surface area contributed by atoms with Crippen LogP contribution in [0.2, 0.25) is 0 Å². The molecule has 1 saturated carbocycles. The quantitative estimate of drug-likeness (QED) is 0.556. The van der Waals surface area contributed by atoms with E-state index in [0.717, 1.165) is 6.42 Å². The Morgan fingerprint density at radius 3 is 2.70 bits per heavy atom. The third-order valence-electron chi connectivity index (χ3n) is 3.57. The fourth-order valence-corrected chi connectivity index (χ4v) is 2.14. The van der Waals surface area contributed by atoms with E-state index in [1.807, 2.05) is 0 Å². The number of benzene rings is 1. The molecule has 7 heteroatoms. The second-order valence-corrected chi connectivity index (χ2v) is 5.00. The van der Waals surface area contributed by atoms with Gasteiger partial charge in [0.2, 0.25) is 0 Å². The van der Waals surface area contributed by atoms with Crippen molar-refractivity contribution in [3.63, 3.8) is 0 Å². The summed E-state index contributed by atoms with van der Waals surface area (Å²) in [5, 5.41) is 26.3. The van der Waals surface area contributed by atoms with Crippen molar-refractivity contribution in [3.05, 3.63) is 33.9 Å². The van der Waals surface area contributed by atoms with Gasteiger partial charge in [-0.1, -0.05) is 0 Å². The van der Waals surface area contributed by atoms with Gasteiger partial charge in [0.05, 0.1) is 10.5 Å². The number of hydrogen-bond donors (Lipinski definition) is 3. The van der Waals surface area contributed by atoms with Gasteiger partial charge in [0.25, 0.3) is 11.6 Å². The van der Waals surface area contributed by atoms with Crippen molar-refractivity contribution in [1.82, 2.24) is 5.32 Å². The second kappa shape index (κ2) is 5.46. The van der Waals surface area contributed by atoms with E-state index in [4.69, 9.17) is 0 Å². The van der Waals surface area contributed by atoms with Crippen LogP contribution in [0.5, 0.6) is 0 Å². The summed E-state index contributed by atoms with van der Waals surface area (Å²) in [6.45, 7) is 0.241. The molecule has 1 aromatic carbocycles. The Bertz CT molecular complexity index is 540. The van der Waals surface area contributed by atoms with Gasteiger partial charge >= 0.3 is 0 Å². The van der Waals surface area contributed by atoms with Crippen molar-refractivity contribution < 1.29 is 14.8 Å². The predicted molar refractivity (Wildman–Crippen MR) is 73.8 cm³/mol. The number of amides is 1. The molecule has 1 amide bonds. The smallest absolute Gasteiger partial charge is 0.292 e. The van der Waals surface area contributed by atoms with E-state index in [-0.39, 0.29) is 23.8 Å². The highest BCUT2D eigenvalue weighted by Gasteiger charge is 2.34. The fraction of sp³-hybridized carbons (Fsp3) is 0.462. The molecule has 1 aliphatic carbocycles. The molecule has 0 aliphatic heterocycles. The van der Waals surface area contributed by atoms with Crippen LogP contribution in [0.25, 0.3) is 0 Å². The van der Waals surface area contributed by atoms with Crippen LogP contribution >= 0.6 is 0 Å². The highest BCUT2D eigenvalue weighted by Crippen LogP contribution is 2.33. The van der Waals surface area contributed by atoms with E-state index in [1.165, 1.54) is 25.2 Å². The molecule has 0 radical (unpaired) electrons. The van der Waals surface area contributed by atoms with Gasteiger partial charge in [0.15, 0.2) is 0 Å². The average molecular weight is 279 g/mol. The summed E-state index contributed by atoms with van der Waals surface area (Å²) in [7, 11) is 1.49. The molecule has 108 valence electrons. The zero-order chi connectivity index (χ0) is 14.8. The number of nitro groups is 1.